The third-order valence-electron chi connectivity index (χ3n) is 4.10. The number of hydrogen-bond donors (Lipinski definition) is 2. The maximum absolute atomic E-state index is 12.2. The quantitative estimate of drug-likeness (QED) is 0.776. The van der Waals surface area contributed by atoms with Gasteiger partial charge in [-0.15, -0.1) is 0 Å². The van der Waals surface area contributed by atoms with Gasteiger partial charge in [0.1, 0.15) is 5.75 Å². The molecule has 4 nitrogen and oxygen atoms in total. The maximum atomic E-state index is 12.2. The van der Waals surface area contributed by atoms with Crippen LogP contribution in [0.2, 0.25) is 0 Å². The molecule has 122 valence electrons. The number of ether oxygens (including phenoxy) is 1. The summed E-state index contributed by atoms with van der Waals surface area (Å²) in [5, 5.41) is 12.5. The van der Waals surface area contributed by atoms with Gasteiger partial charge in [0.05, 0.1) is 25.2 Å². The van der Waals surface area contributed by atoms with Crippen LogP contribution < -0.4 is 10.1 Å². The average Bonchev–Trinajstić information content (AvgIpc) is 3.31. The van der Waals surface area contributed by atoms with E-state index in [1.54, 1.807) is 0 Å². The molecule has 1 aromatic carbocycles. The lowest BCUT2D eigenvalue weighted by molar-refractivity contribution is -0.123. The number of amides is 1. The molecule has 1 unspecified atom stereocenters. The zero-order chi connectivity index (χ0) is 16.2. The Labute approximate surface area is 132 Å². The number of hydrogen-bond acceptors (Lipinski definition) is 3. The summed E-state index contributed by atoms with van der Waals surface area (Å²) in [6, 6.07) is 7.64. The van der Waals surface area contributed by atoms with E-state index in [0.717, 1.165) is 24.2 Å². The van der Waals surface area contributed by atoms with Crippen molar-refractivity contribution in [2.45, 2.75) is 45.6 Å². The van der Waals surface area contributed by atoms with E-state index in [-0.39, 0.29) is 12.5 Å². The van der Waals surface area contributed by atoms with Crippen LogP contribution >= 0.6 is 0 Å². The first-order valence-electron chi connectivity index (χ1n) is 8.06. The fourth-order valence-electron chi connectivity index (χ4n) is 2.51. The Hall–Kier alpha value is -1.55. The molecular weight excluding hydrogens is 278 g/mol. The lowest BCUT2D eigenvalue weighted by Crippen LogP contribution is -2.51. The van der Waals surface area contributed by atoms with Crippen molar-refractivity contribution in [1.29, 1.82) is 0 Å². The molecule has 0 bridgehead atoms. The molecule has 0 heterocycles. The normalized spacial score (nSPS) is 17.1. The molecule has 0 aromatic heterocycles. The minimum atomic E-state index is -0.475. The molecule has 2 rings (SSSR count). The van der Waals surface area contributed by atoms with Gasteiger partial charge in [0.25, 0.3) is 0 Å². The highest BCUT2D eigenvalue weighted by atomic mass is 16.5. The smallest absolute Gasteiger partial charge is 0.224 e. The predicted octanol–water partition coefficient (Wildman–Crippen LogP) is 2.54. The second-order valence-electron chi connectivity index (χ2n) is 6.92. The van der Waals surface area contributed by atoms with Gasteiger partial charge in [-0.2, -0.15) is 0 Å². The topological polar surface area (TPSA) is 58.6 Å². The van der Waals surface area contributed by atoms with E-state index >= 15 is 0 Å². The lowest BCUT2D eigenvalue weighted by atomic mass is 9.96. The van der Waals surface area contributed by atoms with Gasteiger partial charge >= 0.3 is 0 Å². The summed E-state index contributed by atoms with van der Waals surface area (Å²) in [7, 11) is 0. The lowest BCUT2D eigenvalue weighted by Gasteiger charge is -2.28. The first kappa shape index (κ1) is 16.8. The van der Waals surface area contributed by atoms with Crippen LogP contribution in [0.5, 0.6) is 5.75 Å². The summed E-state index contributed by atoms with van der Waals surface area (Å²) < 4.78 is 5.63. The third kappa shape index (κ3) is 4.73. The Morgan fingerprint density at radius 1 is 1.36 bits per heavy atom. The first-order chi connectivity index (χ1) is 10.4. The minimum Gasteiger partial charge on any atom is -0.493 e. The van der Waals surface area contributed by atoms with Crippen LogP contribution in [0.15, 0.2) is 24.3 Å². The van der Waals surface area contributed by atoms with Crippen molar-refractivity contribution in [3.8, 4) is 5.75 Å². The van der Waals surface area contributed by atoms with Crippen LogP contribution in [-0.4, -0.2) is 29.8 Å². The Balaban J connectivity index is 1.86. The summed E-state index contributed by atoms with van der Waals surface area (Å²) in [6.45, 7) is 6.82. The van der Waals surface area contributed by atoms with E-state index < -0.39 is 5.54 Å². The second-order valence-corrected chi connectivity index (χ2v) is 6.92. The summed E-state index contributed by atoms with van der Waals surface area (Å²) in [6.07, 6.45) is 2.49. The van der Waals surface area contributed by atoms with Gasteiger partial charge in [0.2, 0.25) is 5.91 Å². The molecule has 0 aliphatic heterocycles. The molecule has 4 heteroatoms. The van der Waals surface area contributed by atoms with Gasteiger partial charge in [-0.05, 0) is 49.3 Å². The molecule has 1 saturated carbocycles. The molecule has 1 aromatic rings. The van der Waals surface area contributed by atoms with Crippen molar-refractivity contribution in [2.75, 3.05) is 13.2 Å². The summed E-state index contributed by atoms with van der Waals surface area (Å²) in [4.78, 5) is 12.2. The van der Waals surface area contributed by atoms with Gasteiger partial charge in [-0.25, -0.2) is 0 Å². The van der Waals surface area contributed by atoms with Crippen molar-refractivity contribution >= 4 is 5.91 Å². The van der Waals surface area contributed by atoms with Crippen LogP contribution in [-0.2, 0) is 11.2 Å². The summed E-state index contributed by atoms with van der Waals surface area (Å²) in [5.74, 6) is 1.69. The molecule has 22 heavy (non-hydrogen) atoms. The Morgan fingerprint density at radius 3 is 2.50 bits per heavy atom. The van der Waals surface area contributed by atoms with E-state index in [1.165, 1.54) is 0 Å². The number of carbonyl (C=O) groups is 1. The zero-order valence-electron chi connectivity index (χ0n) is 13.8. The van der Waals surface area contributed by atoms with Crippen molar-refractivity contribution in [3.63, 3.8) is 0 Å². The van der Waals surface area contributed by atoms with E-state index in [9.17, 15) is 9.90 Å². The number of benzene rings is 1. The SMILES string of the molecule is CC(C)COc1ccc(CC(=O)NC(C)(CO)C2CC2)cc1. The highest BCUT2D eigenvalue weighted by molar-refractivity contribution is 5.79. The van der Waals surface area contributed by atoms with Crippen LogP contribution in [0.3, 0.4) is 0 Å². The molecule has 1 amide bonds. The zero-order valence-corrected chi connectivity index (χ0v) is 13.8. The van der Waals surface area contributed by atoms with E-state index in [1.807, 2.05) is 31.2 Å². The highest BCUT2D eigenvalue weighted by Crippen LogP contribution is 2.39. The molecule has 1 atom stereocenters. The molecule has 0 spiro atoms. The second kappa shape index (κ2) is 7.14. The first-order valence-corrected chi connectivity index (χ1v) is 8.06. The molecule has 0 radical (unpaired) electrons. The van der Waals surface area contributed by atoms with Crippen LogP contribution in [0, 0.1) is 11.8 Å². The van der Waals surface area contributed by atoms with E-state index in [4.69, 9.17) is 4.74 Å². The van der Waals surface area contributed by atoms with Gasteiger partial charge in [-0.3, -0.25) is 4.79 Å². The van der Waals surface area contributed by atoms with Crippen LogP contribution in [0.4, 0.5) is 0 Å². The average molecular weight is 305 g/mol. The van der Waals surface area contributed by atoms with Crippen molar-refractivity contribution in [2.24, 2.45) is 11.8 Å². The van der Waals surface area contributed by atoms with Crippen molar-refractivity contribution < 1.29 is 14.6 Å². The molecular formula is C18H27NO3. The van der Waals surface area contributed by atoms with Gasteiger partial charge < -0.3 is 15.2 Å². The van der Waals surface area contributed by atoms with Gasteiger partial charge in [0, 0.05) is 0 Å². The number of nitrogens with one attached hydrogen (secondary N) is 1. The highest BCUT2D eigenvalue weighted by Gasteiger charge is 2.42. The number of aliphatic hydroxyl groups excluding tert-OH is 1. The summed E-state index contributed by atoms with van der Waals surface area (Å²) in [5.41, 5.74) is 0.475. The van der Waals surface area contributed by atoms with Gasteiger partial charge in [-0.1, -0.05) is 26.0 Å². The fourth-order valence-corrected chi connectivity index (χ4v) is 2.51. The predicted molar refractivity (Wildman–Crippen MR) is 86.8 cm³/mol. The largest absolute Gasteiger partial charge is 0.493 e. The van der Waals surface area contributed by atoms with Crippen molar-refractivity contribution in [3.05, 3.63) is 29.8 Å². The molecule has 1 fully saturated rings. The maximum Gasteiger partial charge on any atom is 0.224 e. The fraction of sp³-hybridized carbons (Fsp3) is 0.611. The molecule has 0 saturated heterocycles. The number of rotatable bonds is 8. The minimum absolute atomic E-state index is 0.00854. The van der Waals surface area contributed by atoms with Crippen molar-refractivity contribution in [1.82, 2.24) is 5.32 Å². The summed E-state index contributed by atoms with van der Waals surface area (Å²) >= 11 is 0. The van der Waals surface area contributed by atoms with Crippen LogP contribution in [0.25, 0.3) is 0 Å². The van der Waals surface area contributed by atoms with Gasteiger partial charge in [0.15, 0.2) is 0 Å². The standard InChI is InChI=1S/C18H27NO3/c1-13(2)11-22-16-8-4-14(5-9-16)10-17(21)19-18(3,12-20)15-6-7-15/h4-5,8-9,13,15,20H,6-7,10-12H2,1-3H3,(H,19,21). The third-order valence-corrected chi connectivity index (χ3v) is 4.10. The Kier molecular flexibility index (Phi) is 5.46. The molecule has 1 aliphatic rings. The number of aliphatic hydroxyl groups is 1. The number of carbonyl (C=O) groups excluding carboxylic acids is 1. The monoisotopic (exact) mass is 305 g/mol. The Morgan fingerprint density at radius 2 is 2.00 bits per heavy atom. The van der Waals surface area contributed by atoms with E-state index in [0.29, 0.717) is 24.9 Å². The van der Waals surface area contributed by atoms with E-state index in [2.05, 4.69) is 19.2 Å². The van der Waals surface area contributed by atoms with Crippen LogP contribution in [0.1, 0.15) is 39.2 Å². The molecule has 1 aliphatic carbocycles. The Bertz CT molecular complexity index is 494. The molecule has 2 N–H and O–H groups in total.